The average molecular weight is 218 g/mol. The molecule has 0 saturated heterocycles. The molecule has 0 unspecified atom stereocenters. The minimum Gasteiger partial charge on any atom is -0.463 e. The van der Waals surface area contributed by atoms with E-state index >= 15 is 0 Å². The van der Waals surface area contributed by atoms with Gasteiger partial charge in [0.05, 0.1) is 6.61 Å². The molecule has 1 aromatic rings. The molecule has 0 amide bonds. The molecule has 1 aromatic carbocycles. The van der Waals surface area contributed by atoms with E-state index in [2.05, 4.69) is 19.9 Å². The van der Waals surface area contributed by atoms with E-state index in [4.69, 9.17) is 4.74 Å². The van der Waals surface area contributed by atoms with Gasteiger partial charge in [0.25, 0.3) is 0 Å². The lowest BCUT2D eigenvalue weighted by atomic mass is 10.0. The monoisotopic (exact) mass is 218 g/mol. The molecule has 0 radical (unpaired) electrons. The van der Waals surface area contributed by atoms with Crippen LogP contribution in [0, 0.1) is 13.8 Å². The van der Waals surface area contributed by atoms with Crippen LogP contribution in [0.25, 0.3) is 6.08 Å². The number of hydrogen-bond acceptors (Lipinski definition) is 2. The van der Waals surface area contributed by atoms with E-state index < -0.39 is 0 Å². The lowest BCUT2D eigenvalue weighted by Crippen LogP contribution is -2.05. The third-order valence-corrected chi connectivity index (χ3v) is 2.62. The highest BCUT2D eigenvalue weighted by molar-refractivity contribution is 5.93. The fourth-order valence-corrected chi connectivity index (χ4v) is 1.47. The molecule has 2 heteroatoms. The Morgan fingerprint density at radius 3 is 2.69 bits per heavy atom. The molecular weight excluding hydrogens is 200 g/mol. The summed E-state index contributed by atoms with van der Waals surface area (Å²) >= 11 is 0. The molecule has 0 aliphatic heterocycles. The van der Waals surface area contributed by atoms with Crippen molar-refractivity contribution in [2.75, 3.05) is 6.61 Å². The molecule has 0 saturated carbocycles. The molecule has 0 N–H and O–H groups in total. The highest BCUT2D eigenvalue weighted by Gasteiger charge is 2.05. The molecule has 0 aliphatic rings. The molecule has 1 rings (SSSR count). The van der Waals surface area contributed by atoms with Crippen LogP contribution in [-0.4, -0.2) is 12.6 Å². The smallest absolute Gasteiger partial charge is 0.333 e. The summed E-state index contributed by atoms with van der Waals surface area (Å²) in [5.41, 5.74) is 4.14. The predicted octanol–water partition coefficient (Wildman–Crippen LogP) is 3.27. The highest BCUT2D eigenvalue weighted by Crippen LogP contribution is 2.16. The Morgan fingerprint density at radius 1 is 1.38 bits per heavy atom. The lowest BCUT2D eigenvalue weighted by Gasteiger charge is -2.06. The van der Waals surface area contributed by atoms with E-state index in [1.165, 1.54) is 11.1 Å². The Labute approximate surface area is 96.9 Å². The van der Waals surface area contributed by atoms with E-state index in [1.807, 2.05) is 25.1 Å². The SMILES string of the molecule is CCOC(=O)/C(C)=C/c1cccc(C)c1C. The molecule has 0 spiro atoms. The first-order valence-electron chi connectivity index (χ1n) is 5.48. The van der Waals surface area contributed by atoms with Gasteiger partial charge in [0.15, 0.2) is 0 Å². The topological polar surface area (TPSA) is 26.3 Å². The second-order valence-electron chi connectivity index (χ2n) is 3.84. The molecule has 0 aliphatic carbocycles. The molecule has 0 aromatic heterocycles. The van der Waals surface area contributed by atoms with Crippen LogP contribution in [0.2, 0.25) is 0 Å². The van der Waals surface area contributed by atoms with Crippen molar-refractivity contribution in [3.05, 3.63) is 40.5 Å². The van der Waals surface area contributed by atoms with Crippen LogP contribution >= 0.6 is 0 Å². The minimum absolute atomic E-state index is 0.247. The summed E-state index contributed by atoms with van der Waals surface area (Å²) < 4.78 is 4.94. The lowest BCUT2D eigenvalue weighted by molar-refractivity contribution is -0.138. The number of carbonyl (C=O) groups excluding carboxylic acids is 1. The summed E-state index contributed by atoms with van der Waals surface area (Å²) in [5.74, 6) is -0.247. The molecule has 2 nitrogen and oxygen atoms in total. The Morgan fingerprint density at radius 2 is 2.06 bits per heavy atom. The van der Waals surface area contributed by atoms with Gasteiger partial charge >= 0.3 is 5.97 Å². The van der Waals surface area contributed by atoms with Crippen molar-refractivity contribution in [2.24, 2.45) is 0 Å². The van der Waals surface area contributed by atoms with Crippen LogP contribution in [0.3, 0.4) is 0 Å². The normalized spacial score (nSPS) is 11.4. The second kappa shape index (κ2) is 5.50. The summed E-state index contributed by atoms with van der Waals surface area (Å²) in [6.07, 6.45) is 1.88. The van der Waals surface area contributed by atoms with Crippen molar-refractivity contribution in [1.29, 1.82) is 0 Å². The zero-order valence-corrected chi connectivity index (χ0v) is 10.3. The van der Waals surface area contributed by atoms with Crippen LogP contribution in [0.15, 0.2) is 23.8 Å². The van der Waals surface area contributed by atoms with Crippen molar-refractivity contribution >= 4 is 12.0 Å². The van der Waals surface area contributed by atoms with Crippen molar-refractivity contribution in [3.63, 3.8) is 0 Å². The zero-order valence-electron chi connectivity index (χ0n) is 10.3. The summed E-state index contributed by atoms with van der Waals surface area (Å²) in [7, 11) is 0. The summed E-state index contributed by atoms with van der Waals surface area (Å²) in [6.45, 7) is 8.12. The van der Waals surface area contributed by atoms with Gasteiger partial charge in [0.2, 0.25) is 0 Å². The van der Waals surface area contributed by atoms with Crippen LogP contribution in [0.4, 0.5) is 0 Å². The standard InChI is InChI=1S/C14H18O2/c1-5-16-14(15)11(3)9-13-8-6-7-10(2)12(13)4/h6-9H,5H2,1-4H3/b11-9+. The minimum atomic E-state index is -0.247. The van der Waals surface area contributed by atoms with Gasteiger partial charge in [-0.2, -0.15) is 0 Å². The maximum absolute atomic E-state index is 11.5. The van der Waals surface area contributed by atoms with Crippen molar-refractivity contribution < 1.29 is 9.53 Å². The first kappa shape index (κ1) is 12.5. The third kappa shape index (κ3) is 2.96. The van der Waals surface area contributed by atoms with Gasteiger partial charge in [0, 0.05) is 5.57 Å². The van der Waals surface area contributed by atoms with Crippen LogP contribution in [-0.2, 0) is 9.53 Å². The van der Waals surface area contributed by atoms with Crippen LogP contribution in [0.1, 0.15) is 30.5 Å². The number of aryl methyl sites for hydroxylation is 1. The van der Waals surface area contributed by atoms with E-state index in [0.717, 1.165) is 5.56 Å². The van der Waals surface area contributed by atoms with Gasteiger partial charge in [-0.25, -0.2) is 4.79 Å². The number of rotatable bonds is 3. The quantitative estimate of drug-likeness (QED) is 0.575. The summed E-state index contributed by atoms with van der Waals surface area (Å²) in [5, 5.41) is 0. The number of carbonyl (C=O) groups is 1. The highest BCUT2D eigenvalue weighted by atomic mass is 16.5. The third-order valence-electron chi connectivity index (χ3n) is 2.62. The number of benzene rings is 1. The Kier molecular flexibility index (Phi) is 4.29. The number of esters is 1. The molecule has 0 atom stereocenters. The Balaban J connectivity index is 2.98. The molecule has 0 heterocycles. The van der Waals surface area contributed by atoms with Crippen molar-refractivity contribution in [2.45, 2.75) is 27.7 Å². The van der Waals surface area contributed by atoms with Crippen molar-refractivity contribution in [1.82, 2.24) is 0 Å². The first-order chi connectivity index (χ1) is 7.56. The van der Waals surface area contributed by atoms with Crippen LogP contribution in [0.5, 0.6) is 0 Å². The maximum Gasteiger partial charge on any atom is 0.333 e. The van der Waals surface area contributed by atoms with Gasteiger partial charge in [-0.1, -0.05) is 18.2 Å². The molecule has 86 valence electrons. The molecule has 16 heavy (non-hydrogen) atoms. The fourth-order valence-electron chi connectivity index (χ4n) is 1.47. The van der Waals surface area contributed by atoms with Crippen LogP contribution < -0.4 is 0 Å². The van der Waals surface area contributed by atoms with E-state index in [1.54, 1.807) is 6.92 Å². The molecule has 0 bridgehead atoms. The molecular formula is C14H18O2. The maximum atomic E-state index is 11.5. The number of ether oxygens (including phenoxy) is 1. The van der Waals surface area contributed by atoms with Gasteiger partial charge in [-0.15, -0.1) is 0 Å². The summed E-state index contributed by atoms with van der Waals surface area (Å²) in [6, 6.07) is 6.06. The van der Waals surface area contributed by atoms with Gasteiger partial charge in [-0.05, 0) is 50.5 Å². The van der Waals surface area contributed by atoms with E-state index in [-0.39, 0.29) is 5.97 Å². The average Bonchev–Trinajstić information content (AvgIpc) is 2.25. The van der Waals surface area contributed by atoms with Crippen molar-refractivity contribution in [3.8, 4) is 0 Å². The Bertz CT molecular complexity index is 417. The molecule has 0 fully saturated rings. The first-order valence-corrected chi connectivity index (χ1v) is 5.48. The zero-order chi connectivity index (χ0) is 12.1. The Hall–Kier alpha value is -1.57. The second-order valence-corrected chi connectivity index (χ2v) is 3.84. The van der Waals surface area contributed by atoms with Gasteiger partial charge < -0.3 is 4.74 Å². The largest absolute Gasteiger partial charge is 0.463 e. The predicted molar refractivity (Wildman–Crippen MR) is 66.2 cm³/mol. The van der Waals surface area contributed by atoms with E-state index in [9.17, 15) is 4.79 Å². The van der Waals surface area contributed by atoms with E-state index in [0.29, 0.717) is 12.2 Å². The summed E-state index contributed by atoms with van der Waals surface area (Å²) in [4.78, 5) is 11.5. The van der Waals surface area contributed by atoms with Gasteiger partial charge in [0.1, 0.15) is 0 Å². The number of hydrogen-bond donors (Lipinski definition) is 0. The fraction of sp³-hybridized carbons (Fsp3) is 0.357. The van der Waals surface area contributed by atoms with Gasteiger partial charge in [-0.3, -0.25) is 0 Å².